The Morgan fingerprint density at radius 2 is 2.26 bits per heavy atom. The third-order valence-corrected chi connectivity index (χ3v) is 5.66. The zero-order chi connectivity index (χ0) is 16.9. The summed E-state index contributed by atoms with van der Waals surface area (Å²) in [6.45, 7) is 1.45. The fourth-order valence-corrected chi connectivity index (χ4v) is 4.28. The average Bonchev–Trinajstić information content (AvgIpc) is 2.91. The lowest BCUT2D eigenvalue weighted by molar-refractivity contribution is 0.0742. The van der Waals surface area contributed by atoms with Crippen LogP contribution in [-0.2, 0) is 14.6 Å². The third kappa shape index (κ3) is 4.90. The Bertz CT molecular complexity index is 631. The van der Waals surface area contributed by atoms with Gasteiger partial charge in [-0.25, -0.2) is 13.4 Å². The maximum atomic E-state index is 12.4. The van der Waals surface area contributed by atoms with Crippen LogP contribution in [0.15, 0.2) is 18.3 Å². The van der Waals surface area contributed by atoms with Gasteiger partial charge in [-0.15, -0.1) is 0 Å². The lowest BCUT2D eigenvalue weighted by Gasteiger charge is -2.23. The minimum Gasteiger partial charge on any atom is -0.385 e. The van der Waals surface area contributed by atoms with Crippen molar-refractivity contribution in [1.29, 1.82) is 0 Å². The van der Waals surface area contributed by atoms with E-state index in [2.05, 4.69) is 10.3 Å². The number of carbonyl (C=O) groups is 1. The van der Waals surface area contributed by atoms with Gasteiger partial charge in [0.2, 0.25) is 0 Å². The van der Waals surface area contributed by atoms with Crippen molar-refractivity contribution in [1.82, 2.24) is 9.88 Å². The van der Waals surface area contributed by atoms with Gasteiger partial charge in [0.05, 0.1) is 23.4 Å². The molecule has 1 aromatic heterocycles. The van der Waals surface area contributed by atoms with Gasteiger partial charge in [-0.1, -0.05) is 0 Å². The Hall–Kier alpha value is -1.67. The van der Waals surface area contributed by atoms with Crippen molar-refractivity contribution in [2.24, 2.45) is 0 Å². The molecule has 0 bridgehead atoms. The monoisotopic (exact) mass is 341 g/mol. The Morgan fingerprint density at radius 1 is 1.48 bits per heavy atom. The number of rotatable bonds is 7. The van der Waals surface area contributed by atoms with Gasteiger partial charge in [-0.05, 0) is 25.0 Å². The highest BCUT2D eigenvalue weighted by Gasteiger charge is 2.33. The van der Waals surface area contributed by atoms with E-state index in [9.17, 15) is 13.2 Å². The molecule has 2 rings (SSSR count). The van der Waals surface area contributed by atoms with Crippen LogP contribution in [0.4, 0.5) is 5.69 Å². The number of nitrogens with zero attached hydrogens (tertiary/aromatic N) is 2. The summed E-state index contributed by atoms with van der Waals surface area (Å²) in [5, 5.41) is 3.19. The molecule has 23 heavy (non-hydrogen) atoms. The van der Waals surface area contributed by atoms with Gasteiger partial charge >= 0.3 is 0 Å². The highest BCUT2D eigenvalue weighted by atomic mass is 32.2. The van der Waals surface area contributed by atoms with Crippen LogP contribution in [-0.4, -0.2) is 69.1 Å². The maximum Gasteiger partial charge on any atom is 0.272 e. The van der Waals surface area contributed by atoms with E-state index < -0.39 is 9.84 Å². The topological polar surface area (TPSA) is 88.6 Å². The van der Waals surface area contributed by atoms with Crippen LogP contribution >= 0.6 is 0 Å². The SMILES string of the molecule is COCCCNc1ccc(C(=O)N(C)C2CCS(=O)(=O)C2)nc1. The standard InChI is InChI=1S/C15H23N3O4S/c1-18(13-6-9-23(20,21)11-13)15(19)14-5-4-12(10-17-14)16-7-3-8-22-2/h4-5,10,13,16H,3,6-9,11H2,1-2H3. The minimum atomic E-state index is -3.01. The molecule has 1 atom stereocenters. The largest absolute Gasteiger partial charge is 0.385 e. The van der Waals surface area contributed by atoms with E-state index in [-0.39, 0.29) is 23.5 Å². The quantitative estimate of drug-likeness (QED) is 0.738. The number of pyridine rings is 1. The molecule has 7 nitrogen and oxygen atoms in total. The highest BCUT2D eigenvalue weighted by Crippen LogP contribution is 2.18. The van der Waals surface area contributed by atoms with Crippen LogP contribution in [0.1, 0.15) is 23.3 Å². The first-order chi connectivity index (χ1) is 10.9. The number of hydrogen-bond acceptors (Lipinski definition) is 6. The predicted molar refractivity (Wildman–Crippen MR) is 88.4 cm³/mol. The number of ether oxygens (including phenoxy) is 1. The molecule has 1 aliphatic heterocycles. The molecular formula is C15H23N3O4S. The van der Waals surface area contributed by atoms with E-state index in [1.165, 1.54) is 4.90 Å². The molecule has 0 saturated carbocycles. The maximum absolute atomic E-state index is 12.4. The molecule has 1 amide bonds. The van der Waals surface area contributed by atoms with Crippen molar-refractivity contribution >= 4 is 21.4 Å². The Kier molecular flexibility index (Phi) is 5.95. The first kappa shape index (κ1) is 17.7. The second-order valence-electron chi connectivity index (χ2n) is 5.68. The summed E-state index contributed by atoms with van der Waals surface area (Å²) in [5.41, 5.74) is 1.16. The molecule has 2 heterocycles. The summed E-state index contributed by atoms with van der Waals surface area (Å²) >= 11 is 0. The van der Waals surface area contributed by atoms with Gasteiger partial charge in [-0.2, -0.15) is 0 Å². The van der Waals surface area contributed by atoms with Crippen molar-refractivity contribution in [2.75, 3.05) is 44.1 Å². The Labute approximate surface area is 137 Å². The first-order valence-electron chi connectivity index (χ1n) is 7.59. The highest BCUT2D eigenvalue weighted by molar-refractivity contribution is 7.91. The van der Waals surface area contributed by atoms with E-state index in [0.717, 1.165) is 18.7 Å². The van der Waals surface area contributed by atoms with Gasteiger partial charge < -0.3 is 15.0 Å². The van der Waals surface area contributed by atoms with E-state index in [0.29, 0.717) is 18.7 Å². The zero-order valence-electron chi connectivity index (χ0n) is 13.5. The van der Waals surface area contributed by atoms with E-state index in [1.54, 1.807) is 32.5 Å². The van der Waals surface area contributed by atoms with Gasteiger partial charge in [0.15, 0.2) is 9.84 Å². The van der Waals surface area contributed by atoms with Crippen LogP contribution in [0.2, 0.25) is 0 Å². The number of carbonyl (C=O) groups excluding carboxylic acids is 1. The van der Waals surface area contributed by atoms with Crippen molar-refractivity contribution in [2.45, 2.75) is 18.9 Å². The molecule has 128 valence electrons. The fourth-order valence-electron chi connectivity index (χ4n) is 2.50. The van der Waals surface area contributed by atoms with Crippen molar-refractivity contribution in [3.8, 4) is 0 Å². The molecular weight excluding hydrogens is 318 g/mol. The molecule has 1 N–H and O–H groups in total. The van der Waals surface area contributed by atoms with Crippen LogP contribution in [0.3, 0.4) is 0 Å². The molecule has 8 heteroatoms. The number of anilines is 1. The zero-order valence-corrected chi connectivity index (χ0v) is 14.3. The molecule has 1 saturated heterocycles. The normalized spacial score (nSPS) is 19.5. The number of amides is 1. The van der Waals surface area contributed by atoms with Gasteiger partial charge in [0.25, 0.3) is 5.91 Å². The van der Waals surface area contributed by atoms with Crippen molar-refractivity contribution in [3.63, 3.8) is 0 Å². The number of nitrogens with one attached hydrogen (secondary N) is 1. The second kappa shape index (κ2) is 7.74. The van der Waals surface area contributed by atoms with Crippen molar-refractivity contribution in [3.05, 3.63) is 24.0 Å². The molecule has 1 aliphatic rings. The summed E-state index contributed by atoms with van der Waals surface area (Å²) < 4.78 is 28.0. The summed E-state index contributed by atoms with van der Waals surface area (Å²) in [6.07, 6.45) is 2.99. The number of aromatic nitrogens is 1. The average molecular weight is 341 g/mol. The Balaban J connectivity index is 1.92. The van der Waals surface area contributed by atoms with Crippen LogP contribution in [0.25, 0.3) is 0 Å². The minimum absolute atomic E-state index is 0.0361. The van der Waals surface area contributed by atoms with Gasteiger partial charge in [0.1, 0.15) is 5.69 Å². The summed E-state index contributed by atoms with van der Waals surface area (Å²) in [6, 6.07) is 3.19. The van der Waals surface area contributed by atoms with E-state index >= 15 is 0 Å². The molecule has 0 aliphatic carbocycles. The molecule has 1 aromatic rings. The second-order valence-corrected chi connectivity index (χ2v) is 7.91. The number of sulfone groups is 1. The van der Waals surface area contributed by atoms with Crippen LogP contribution in [0.5, 0.6) is 0 Å². The number of methoxy groups -OCH3 is 1. The first-order valence-corrected chi connectivity index (χ1v) is 9.41. The lowest BCUT2D eigenvalue weighted by Crippen LogP contribution is -2.38. The predicted octanol–water partition coefficient (Wildman–Crippen LogP) is 0.789. The molecule has 0 spiro atoms. The van der Waals surface area contributed by atoms with Crippen LogP contribution in [0, 0.1) is 0 Å². The molecule has 1 unspecified atom stereocenters. The van der Waals surface area contributed by atoms with Crippen molar-refractivity contribution < 1.29 is 17.9 Å². The molecule has 1 fully saturated rings. The Morgan fingerprint density at radius 3 is 2.83 bits per heavy atom. The number of hydrogen-bond donors (Lipinski definition) is 1. The lowest BCUT2D eigenvalue weighted by atomic mass is 10.2. The van der Waals surface area contributed by atoms with E-state index in [4.69, 9.17) is 4.74 Å². The molecule has 0 aromatic carbocycles. The van der Waals surface area contributed by atoms with Gasteiger partial charge in [-0.3, -0.25) is 4.79 Å². The van der Waals surface area contributed by atoms with Crippen LogP contribution < -0.4 is 5.32 Å². The summed E-state index contributed by atoms with van der Waals surface area (Å²) in [5.74, 6) is -0.0699. The fraction of sp³-hybridized carbons (Fsp3) is 0.600. The smallest absolute Gasteiger partial charge is 0.272 e. The van der Waals surface area contributed by atoms with Gasteiger partial charge in [0, 0.05) is 33.4 Å². The van der Waals surface area contributed by atoms with E-state index in [1.807, 2.05) is 0 Å². The summed E-state index contributed by atoms with van der Waals surface area (Å²) in [4.78, 5) is 18.0. The summed E-state index contributed by atoms with van der Waals surface area (Å²) in [7, 11) is 0.280. The third-order valence-electron chi connectivity index (χ3n) is 3.91. The molecule has 0 radical (unpaired) electrons.